The molecule has 2 aromatic carbocycles. The van der Waals surface area contributed by atoms with Gasteiger partial charge in [0.15, 0.2) is 0 Å². The Labute approximate surface area is 290 Å². The van der Waals surface area contributed by atoms with Crippen molar-refractivity contribution < 1.29 is 23.5 Å². The van der Waals surface area contributed by atoms with E-state index in [-0.39, 0.29) is 36.2 Å². The number of carbonyl (C=O) groups is 2. The number of esters is 1. The third-order valence-corrected chi connectivity index (χ3v) is 9.58. The van der Waals surface area contributed by atoms with Crippen LogP contribution in [0.3, 0.4) is 0 Å². The highest BCUT2D eigenvalue weighted by Gasteiger charge is 2.32. The van der Waals surface area contributed by atoms with E-state index in [1.54, 1.807) is 40.0 Å². The monoisotopic (exact) mass is 676 g/mol. The lowest BCUT2D eigenvalue weighted by molar-refractivity contribution is -0.144. The molecule has 0 saturated carbocycles. The first-order valence-corrected chi connectivity index (χ1v) is 17.3. The first kappa shape index (κ1) is 37.9. The highest BCUT2D eigenvalue weighted by atomic mass is 19.1. The van der Waals surface area contributed by atoms with Crippen molar-refractivity contribution in [3.05, 3.63) is 85.1 Å². The number of aromatic nitrogens is 2. The molecule has 1 amide bonds. The van der Waals surface area contributed by atoms with Crippen molar-refractivity contribution in [2.75, 3.05) is 33.4 Å². The molecule has 0 aliphatic carbocycles. The maximum atomic E-state index is 16.1. The van der Waals surface area contributed by atoms with E-state index in [0.29, 0.717) is 24.0 Å². The Hall–Kier alpha value is -3.89. The van der Waals surface area contributed by atoms with E-state index in [9.17, 15) is 14.4 Å². The number of nitrogens with zero attached hydrogens (tertiary/aromatic N) is 3. The largest absolute Gasteiger partial charge is 0.466 e. The number of hydrogen-bond donors (Lipinski definition) is 1. The van der Waals surface area contributed by atoms with Gasteiger partial charge in [-0.25, -0.2) is 9.07 Å². The van der Waals surface area contributed by atoms with Crippen LogP contribution in [0.25, 0.3) is 11.1 Å². The van der Waals surface area contributed by atoms with Crippen LogP contribution in [-0.2, 0) is 25.5 Å². The zero-order valence-electron chi connectivity index (χ0n) is 30.8. The van der Waals surface area contributed by atoms with Gasteiger partial charge < -0.3 is 14.8 Å². The van der Waals surface area contributed by atoms with Gasteiger partial charge in [0.1, 0.15) is 11.9 Å². The first-order valence-electron chi connectivity index (χ1n) is 17.3. The second-order valence-electron chi connectivity index (χ2n) is 14.0. The summed E-state index contributed by atoms with van der Waals surface area (Å²) in [5.74, 6) is -1.56. The molecule has 0 spiro atoms. The Morgan fingerprint density at radius 1 is 1.00 bits per heavy atom. The van der Waals surface area contributed by atoms with Crippen LogP contribution in [0.15, 0.2) is 29.1 Å². The van der Waals surface area contributed by atoms with Crippen LogP contribution in [0.1, 0.15) is 90.3 Å². The van der Waals surface area contributed by atoms with Crippen LogP contribution in [-0.4, -0.2) is 66.0 Å². The molecule has 1 aromatic heterocycles. The summed E-state index contributed by atoms with van der Waals surface area (Å²) in [6, 6.07) is 5.65. The Morgan fingerprint density at radius 3 is 2.24 bits per heavy atom. The number of hydrogen-bond acceptors (Lipinski definition) is 7. The van der Waals surface area contributed by atoms with Gasteiger partial charge in [-0.3, -0.25) is 19.3 Å². The molecule has 10 heteroatoms. The van der Waals surface area contributed by atoms with Gasteiger partial charge in [-0.2, -0.15) is 5.10 Å². The molecular formula is C39H53FN4O5. The lowest BCUT2D eigenvalue weighted by Gasteiger charge is -2.38. The summed E-state index contributed by atoms with van der Waals surface area (Å²) in [5.41, 5.74) is 7.30. The smallest absolute Gasteiger partial charge is 0.308 e. The zero-order chi connectivity index (χ0) is 36.2. The minimum atomic E-state index is -1.05. The van der Waals surface area contributed by atoms with Crippen molar-refractivity contribution >= 4 is 11.9 Å². The fraction of sp³-hybridized carbons (Fsp3) is 0.538. The van der Waals surface area contributed by atoms with Gasteiger partial charge in [0, 0.05) is 44.3 Å². The predicted molar refractivity (Wildman–Crippen MR) is 190 cm³/mol. The molecule has 1 N–H and O–H groups in total. The van der Waals surface area contributed by atoms with Crippen molar-refractivity contribution in [3.63, 3.8) is 0 Å². The normalized spacial score (nSPS) is 14.9. The molecule has 3 aromatic rings. The Balaban J connectivity index is 1.75. The number of amides is 1. The third kappa shape index (κ3) is 8.83. The number of halogens is 1. The molecule has 4 rings (SSSR count). The summed E-state index contributed by atoms with van der Waals surface area (Å²) in [6.45, 7) is 19.6. The fourth-order valence-electron chi connectivity index (χ4n) is 6.85. The van der Waals surface area contributed by atoms with Crippen molar-refractivity contribution in [1.82, 2.24) is 20.0 Å². The number of likely N-dealkylation sites (tertiary alicyclic amines) is 1. The number of nitrogens with one attached hydrogen (secondary N) is 1. The van der Waals surface area contributed by atoms with E-state index >= 15 is 4.39 Å². The molecular weight excluding hydrogens is 623 g/mol. The SMILES string of the molecule is CCOC(=O)C[C@H](NC(=O)[C@H](CC(C)C)n1nc(CCN2CC(OC)C2)c(C)c(C)c1=O)c1cc(-c2c(C)cc(C)cc2C)cc(C)c1F. The van der Waals surface area contributed by atoms with Crippen LogP contribution in [0, 0.1) is 53.3 Å². The number of carbonyl (C=O) groups excluding carboxylic acids is 2. The quantitative estimate of drug-likeness (QED) is 0.204. The summed E-state index contributed by atoms with van der Waals surface area (Å²) < 4.78 is 28.1. The molecule has 1 aliphatic heterocycles. The van der Waals surface area contributed by atoms with Gasteiger partial charge in [-0.05, 0) is 106 Å². The van der Waals surface area contributed by atoms with Gasteiger partial charge in [0.25, 0.3) is 5.56 Å². The van der Waals surface area contributed by atoms with Crippen molar-refractivity contribution in [1.29, 1.82) is 0 Å². The lowest BCUT2D eigenvalue weighted by Crippen LogP contribution is -2.52. The third-order valence-electron chi connectivity index (χ3n) is 9.58. The van der Waals surface area contributed by atoms with Crippen LogP contribution in [0.5, 0.6) is 0 Å². The average molecular weight is 677 g/mol. The van der Waals surface area contributed by atoms with Crippen LogP contribution in [0.2, 0.25) is 0 Å². The number of ether oxygens (including phenoxy) is 2. The van der Waals surface area contributed by atoms with Gasteiger partial charge in [0.05, 0.1) is 30.9 Å². The topological polar surface area (TPSA) is 103 Å². The summed E-state index contributed by atoms with van der Waals surface area (Å²) in [5, 5.41) is 7.75. The molecule has 1 fully saturated rings. The maximum absolute atomic E-state index is 16.1. The second-order valence-corrected chi connectivity index (χ2v) is 14.0. The molecule has 0 bridgehead atoms. The van der Waals surface area contributed by atoms with Crippen LogP contribution >= 0.6 is 0 Å². The zero-order valence-corrected chi connectivity index (χ0v) is 30.8. The number of aryl methyl sites for hydroxylation is 4. The maximum Gasteiger partial charge on any atom is 0.308 e. The Kier molecular flexibility index (Phi) is 12.5. The molecule has 266 valence electrons. The summed E-state index contributed by atoms with van der Waals surface area (Å²) >= 11 is 0. The van der Waals surface area contributed by atoms with Crippen LogP contribution < -0.4 is 10.9 Å². The van der Waals surface area contributed by atoms with Gasteiger partial charge in [-0.15, -0.1) is 0 Å². The minimum Gasteiger partial charge on any atom is -0.466 e. The predicted octanol–water partition coefficient (Wildman–Crippen LogP) is 6.17. The molecule has 0 unspecified atom stereocenters. The fourth-order valence-corrected chi connectivity index (χ4v) is 6.85. The number of rotatable bonds is 14. The van der Waals surface area contributed by atoms with E-state index < -0.39 is 29.8 Å². The number of benzene rings is 2. The van der Waals surface area contributed by atoms with Gasteiger partial charge >= 0.3 is 5.97 Å². The van der Waals surface area contributed by atoms with Crippen molar-refractivity contribution in [2.45, 2.75) is 99.8 Å². The van der Waals surface area contributed by atoms with E-state index in [4.69, 9.17) is 14.6 Å². The molecule has 2 atom stereocenters. The second kappa shape index (κ2) is 16.2. The first-order chi connectivity index (χ1) is 23.1. The van der Waals surface area contributed by atoms with Crippen molar-refractivity contribution in [3.8, 4) is 11.1 Å². The molecule has 1 saturated heterocycles. The minimum absolute atomic E-state index is 0.0277. The van der Waals surface area contributed by atoms with Gasteiger partial charge in [-0.1, -0.05) is 31.5 Å². The molecule has 1 aliphatic rings. The van der Waals surface area contributed by atoms with Gasteiger partial charge in [0.2, 0.25) is 5.91 Å². The Bertz CT molecular complexity index is 1720. The Morgan fingerprint density at radius 2 is 1.65 bits per heavy atom. The standard InChI is InChI=1S/C39H53FN4O5/c1-11-49-35(45)19-33(31-18-29(17-26(7)37(31)40)36-24(5)15-23(4)16-25(36)6)41-38(46)34(14-22(2)3)44-39(47)28(9)27(8)32(42-44)12-13-43-20-30(21-43)48-10/h15-18,22,30,33-34H,11-14,19-21H2,1-10H3,(H,41,46)/t33-,34-/m0/s1. The van der Waals surface area contributed by atoms with E-state index in [1.165, 1.54) is 4.68 Å². The highest BCUT2D eigenvalue weighted by molar-refractivity contribution is 5.82. The summed E-state index contributed by atoms with van der Waals surface area (Å²) in [6.07, 6.45) is 0.877. The summed E-state index contributed by atoms with van der Waals surface area (Å²) in [7, 11) is 1.71. The lowest BCUT2D eigenvalue weighted by atomic mass is 9.89. The van der Waals surface area contributed by atoms with E-state index in [0.717, 1.165) is 58.7 Å². The number of methoxy groups -OCH3 is 1. The molecule has 49 heavy (non-hydrogen) atoms. The van der Waals surface area contributed by atoms with E-state index in [2.05, 4.69) is 22.3 Å². The summed E-state index contributed by atoms with van der Waals surface area (Å²) in [4.78, 5) is 43.3. The van der Waals surface area contributed by atoms with Crippen molar-refractivity contribution in [2.24, 2.45) is 5.92 Å². The highest BCUT2D eigenvalue weighted by Crippen LogP contribution is 2.34. The molecule has 9 nitrogen and oxygen atoms in total. The van der Waals surface area contributed by atoms with E-state index in [1.807, 2.05) is 41.5 Å². The molecule has 0 radical (unpaired) electrons. The van der Waals surface area contributed by atoms with Crippen LogP contribution in [0.4, 0.5) is 4.39 Å². The average Bonchev–Trinajstić information content (AvgIpc) is 3.00. The molecule has 2 heterocycles.